The number of alkyl halides is 6. The monoisotopic (exact) mass is 405 g/mol. The molecule has 0 saturated carbocycles. The summed E-state index contributed by atoms with van der Waals surface area (Å²) in [6, 6.07) is 10.1. The van der Waals surface area contributed by atoms with Crippen LogP contribution in [0.25, 0.3) is 0 Å². The Labute approximate surface area is 157 Å². The zero-order valence-electron chi connectivity index (χ0n) is 14.5. The maximum absolute atomic E-state index is 13.0. The van der Waals surface area contributed by atoms with E-state index in [9.17, 15) is 26.3 Å². The standard InChI is InChI=1S/C19H17F6NO2/c20-18(21,22)14-8-12(9-15(10-14)19(23,24)25)11-28-17-16(26-6-7-27-17)13-4-2-1-3-5-13/h1-5,8-10,16-17,26H,6-7,11H2/t16-,17-/m1/s1. The van der Waals surface area contributed by atoms with Crippen LogP contribution in [0.1, 0.15) is 28.3 Å². The molecule has 1 N–H and O–H groups in total. The molecule has 0 amide bonds. The summed E-state index contributed by atoms with van der Waals surface area (Å²) >= 11 is 0. The number of nitrogens with one attached hydrogen (secondary N) is 1. The van der Waals surface area contributed by atoms with Gasteiger partial charge >= 0.3 is 12.4 Å². The van der Waals surface area contributed by atoms with Crippen molar-refractivity contribution in [3.8, 4) is 0 Å². The normalized spacial score (nSPS) is 20.9. The van der Waals surface area contributed by atoms with Gasteiger partial charge in [-0.25, -0.2) is 0 Å². The van der Waals surface area contributed by atoms with Gasteiger partial charge in [0.2, 0.25) is 0 Å². The number of hydrogen-bond donors (Lipinski definition) is 1. The Morgan fingerprint density at radius 2 is 1.54 bits per heavy atom. The average molecular weight is 405 g/mol. The Morgan fingerprint density at radius 1 is 0.929 bits per heavy atom. The second-order valence-corrected chi connectivity index (χ2v) is 6.31. The van der Waals surface area contributed by atoms with E-state index in [1.807, 2.05) is 30.3 Å². The molecular formula is C19H17F6NO2. The molecule has 1 aliphatic rings. The number of rotatable bonds is 4. The van der Waals surface area contributed by atoms with Crippen molar-refractivity contribution in [3.63, 3.8) is 0 Å². The van der Waals surface area contributed by atoms with E-state index in [1.54, 1.807) is 0 Å². The summed E-state index contributed by atoms with van der Waals surface area (Å²) in [7, 11) is 0. The van der Waals surface area contributed by atoms with Crippen molar-refractivity contribution >= 4 is 0 Å². The number of ether oxygens (including phenoxy) is 2. The van der Waals surface area contributed by atoms with Crippen molar-refractivity contribution in [2.45, 2.75) is 31.3 Å². The molecule has 2 aromatic carbocycles. The Kier molecular flexibility index (Phi) is 5.97. The molecule has 0 aromatic heterocycles. The van der Waals surface area contributed by atoms with Gasteiger partial charge in [0, 0.05) is 6.54 Å². The fraction of sp³-hybridized carbons (Fsp3) is 0.368. The van der Waals surface area contributed by atoms with Gasteiger partial charge in [0.1, 0.15) is 0 Å². The minimum atomic E-state index is -4.90. The first kappa shape index (κ1) is 20.6. The molecule has 0 bridgehead atoms. The molecule has 1 heterocycles. The number of benzene rings is 2. The molecule has 28 heavy (non-hydrogen) atoms. The first-order valence-corrected chi connectivity index (χ1v) is 8.44. The highest BCUT2D eigenvalue weighted by molar-refractivity contribution is 5.33. The maximum Gasteiger partial charge on any atom is 0.416 e. The van der Waals surface area contributed by atoms with Gasteiger partial charge in [-0.15, -0.1) is 0 Å². The minimum Gasteiger partial charge on any atom is -0.349 e. The van der Waals surface area contributed by atoms with Crippen LogP contribution in [-0.4, -0.2) is 19.4 Å². The van der Waals surface area contributed by atoms with Crippen LogP contribution in [0.3, 0.4) is 0 Å². The summed E-state index contributed by atoms with van der Waals surface area (Å²) in [5.74, 6) is 0. The average Bonchev–Trinajstić information content (AvgIpc) is 2.66. The lowest BCUT2D eigenvalue weighted by molar-refractivity contribution is -0.184. The van der Waals surface area contributed by atoms with Gasteiger partial charge in [0.15, 0.2) is 6.29 Å². The molecular weight excluding hydrogens is 388 g/mol. The van der Waals surface area contributed by atoms with Crippen LogP contribution in [0.5, 0.6) is 0 Å². The van der Waals surface area contributed by atoms with Gasteiger partial charge in [0.05, 0.1) is 30.4 Å². The van der Waals surface area contributed by atoms with E-state index in [-0.39, 0.29) is 17.7 Å². The van der Waals surface area contributed by atoms with Gasteiger partial charge in [-0.2, -0.15) is 26.3 Å². The topological polar surface area (TPSA) is 30.5 Å². The Bertz CT molecular complexity index is 759. The highest BCUT2D eigenvalue weighted by atomic mass is 19.4. The quantitative estimate of drug-likeness (QED) is 0.732. The van der Waals surface area contributed by atoms with Crippen molar-refractivity contribution in [3.05, 3.63) is 70.8 Å². The first-order chi connectivity index (χ1) is 13.1. The van der Waals surface area contributed by atoms with Gasteiger partial charge in [0.25, 0.3) is 0 Å². The highest BCUT2D eigenvalue weighted by Crippen LogP contribution is 2.36. The van der Waals surface area contributed by atoms with Crippen molar-refractivity contribution in [1.29, 1.82) is 0 Å². The SMILES string of the molecule is FC(F)(F)c1cc(CO[C@H]2OCCN[C@@H]2c2ccccc2)cc(C(F)(F)F)c1. The maximum atomic E-state index is 13.0. The minimum absolute atomic E-state index is 0.0922. The molecule has 3 rings (SSSR count). The predicted octanol–water partition coefficient (Wildman–Crippen LogP) is 4.93. The molecule has 2 atom stereocenters. The number of hydrogen-bond acceptors (Lipinski definition) is 3. The van der Waals surface area contributed by atoms with Crippen molar-refractivity contribution < 1.29 is 35.8 Å². The van der Waals surface area contributed by atoms with Crippen molar-refractivity contribution in [2.24, 2.45) is 0 Å². The lowest BCUT2D eigenvalue weighted by atomic mass is 10.0. The molecule has 1 aliphatic heterocycles. The van der Waals surface area contributed by atoms with Gasteiger partial charge in [-0.1, -0.05) is 30.3 Å². The fourth-order valence-electron chi connectivity index (χ4n) is 2.94. The largest absolute Gasteiger partial charge is 0.416 e. The van der Waals surface area contributed by atoms with Gasteiger partial charge in [-0.3, -0.25) is 0 Å². The zero-order valence-corrected chi connectivity index (χ0v) is 14.5. The smallest absolute Gasteiger partial charge is 0.349 e. The predicted molar refractivity (Wildman–Crippen MR) is 88.2 cm³/mol. The molecule has 3 nitrogen and oxygen atoms in total. The lowest BCUT2D eigenvalue weighted by Gasteiger charge is -2.33. The second kappa shape index (κ2) is 8.10. The number of morpholine rings is 1. The molecule has 9 heteroatoms. The van der Waals surface area contributed by atoms with Crippen LogP contribution in [0.2, 0.25) is 0 Å². The summed E-state index contributed by atoms with van der Waals surface area (Å²) in [6.07, 6.45) is -10.6. The van der Waals surface area contributed by atoms with E-state index in [4.69, 9.17) is 9.47 Å². The summed E-state index contributed by atoms with van der Waals surface area (Å²) in [6.45, 7) is 0.397. The van der Waals surface area contributed by atoms with Crippen LogP contribution in [0, 0.1) is 0 Å². The third-order valence-electron chi connectivity index (χ3n) is 4.24. The Balaban J connectivity index is 1.81. The molecule has 0 spiro atoms. The van der Waals surface area contributed by atoms with Crippen LogP contribution >= 0.6 is 0 Å². The summed E-state index contributed by atoms with van der Waals surface area (Å²) in [5, 5.41) is 3.18. The van der Waals surface area contributed by atoms with Crippen LogP contribution in [0.4, 0.5) is 26.3 Å². The molecule has 152 valence electrons. The molecule has 0 radical (unpaired) electrons. The van der Waals surface area contributed by atoms with Crippen LogP contribution in [0.15, 0.2) is 48.5 Å². The first-order valence-electron chi connectivity index (χ1n) is 8.44. The third-order valence-corrected chi connectivity index (χ3v) is 4.24. The van der Waals surface area contributed by atoms with E-state index in [1.165, 1.54) is 0 Å². The molecule has 0 aliphatic carbocycles. The van der Waals surface area contributed by atoms with E-state index in [2.05, 4.69) is 5.32 Å². The third kappa shape index (κ3) is 5.03. The Hall–Kier alpha value is -2.10. The van der Waals surface area contributed by atoms with Gasteiger partial charge in [-0.05, 0) is 29.3 Å². The zero-order chi connectivity index (χ0) is 20.4. The molecule has 2 aromatic rings. The van der Waals surface area contributed by atoms with Gasteiger partial charge < -0.3 is 14.8 Å². The van der Waals surface area contributed by atoms with E-state index in [0.29, 0.717) is 25.3 Å². The van der Waals surface area contributed by atoms with Crippen molar-refractivity contribution in [2.75, 3.05) is 13.2 Å². The fourth-order valence-corrected chi connectivity index (χ4v) is 2.94. The lowest BCUT2D eigenvalue weighted by Crippen LogP contribution is -2.43. The molecule has 1 fully saturated rings. The van der Waals surface area contributed by atoms with Crippen molar-refractivity contribution in [1.82, 2.24) is 5.32 Å². The summed E-state index contributed by atoms with van der Waals surface area (Å²) in [5.41, 5.74) is -2.14. The number of halogens is 6. The van der Waals surface area contributed by atoms with E-state index < -0.39 is 36.4 Å². The van der Waals surface area contributed by atoms with E-state index in [0.717, 1.165) is 5.56 Å². The van der Waals surface area contributed by atoms with Crippen LogP contribution < -0.4 is 5.32 Å². The molecule has 1 saturated heterocycles. The Morgan fingerprint density at radius 3 is 2.11 bits per heavy atom. The molecule has 0 unspecified atom stereocenters. The van der Waals surface area contributed by atoms with E-state index >= 15 is 0 Å². The summed E-state index contributed by atoms with van der Waals surface area (Å²) in [4.78, 5) is 0. The summed E-state index contributed by atoms with van der Waals surface area (Å²) < 4.78 is 88.9. The van der Waals surface area contributed by atoms with Crippen LogP contribution in [-0.2, 0) is 28.4 Å². The second-order valence-electron chi connectivity index (χ2n) is 6.31. The highest BCUT2D eigenvalue weighted by Gasteiger charge is 2.37.